The van der Waals surface area contributed by atoms with Gasteiger partial charge < -0.3 is 10.1 Å². The van der Waals surface area contributed by atoms with E-state index >= 15 is 0 Å². The van der Waals surface area contributed by atoms with Crippen molar-refractivity contribution in [3.63, 3.8) is 0 Å². The fourth-order valence-electron chi connectivity index (χ4n) is 4.09. The Balaban J connectivity index is 1.51. The first-order chi connectivity index (χ1) is 14.4. The van der Waals surface area contributed by atoms with E-state index in [1.807, 2.05) is 26.0 Å². The lowest BCUT2D eigenvalue weighted by Gasteiger charge is -2.26. The first-order valence-electron chi connectivity index (χ1n) is 9.91. The first kappa shape index (κ1) is 20.2. The largest absolute Gasteiger partial charge is 0.489 e. The molecule has 2 aromatic rings. The summed E-state index contributed by atoms with van der Waals surface area (Å²) in [6.45, 7) is 4.02. The summed E-state index contributed by atoms with van der Waals surface area (Å²) < 4.78 is 32.7. The summed E-state index contributed by atoms with van der Waals surface area (Å²) in [6.07, 6.45) is 11.3. The van der Waals surface area contributed by atoms with Gasteiger partial charge in [-0.1, -0.05) is 24.3 Å². The fourth-order valence-corrected chi connectivity index (χ4v) is 4.09. The lowest BCUT2D eigenvalue weighted by molar-refractivity contribution is -0.118. The van der Waals surface area contributed by atoms with Crippen molar-refractivity contribution in [1.29, 1.82) is 0 Å². The summed E-state index contributed by atoms with van der Waals surface area (Å²) in [7, 11) is 0. The third-order valence-corrected chi connectivity index (χ3v) is 5.89. The molecule has 0 saturated heterocycles. The summed E-state index contributed by atoms with van der Waals surface area (Å²) >= 11 is 0. The molecule has 1 heterocycles. The van der Waals surface area contributed by atoms with Gasteiger partial charge in [-0.2, -0.15) is 0 Å². The lowest BCUT2D eigenvalue weighted by Crippen LogP contribution is -2.29. The van der Waals surface area contributed by atoms with Crippen molar-refractivity contribution >= 4 is 11.6 Å². The Hall–Kier alpha value is -3.09. The van der Waals surface area contributed by atoms with Crippen molar-refractivity contribution in [2.24, 2.45) is 17.3 Å². The molecule has 2 aliphatic carbocycles. The van der Waals surface area contributed by atoms with Gasteiger partial charge in [0.15, 0.2) is 17.4 Å². The number of ether oxygens (including phenoxy) is 1. The number of nitrogens with zero attached hydrogens (tertiary/aromatic N) is 2. The summed E-state index contributed by atoms with van der Waals surface area (Å²) in [5.41, 5.74) is 0.615. The van der Waals surface area contributed by atoms with Crippen LogP contribution in [-0.4, -0.2) is 22.5 Å². The summed E-state index contributed by atoms with van der Waals surface area (Å²) in [5, 5.41) is 2.71. The third-order valence-electron chi connectivity index (χ3n) is 5.89. The Morgan fingerprint density at radius 2 is 2.10 bits per heavy atom. The molecule has 5 nitrogen and oxygen atoms in total. The smallest absolute Gasteiger partial charge is 0.228 e. The standard InChI is InChI=1S/C23H23F2N3O2/c1-14-21(12-26-15(2)27-14)30-13-23(16-6-4-3-5-7-16)11-18(23)22(29)28-17-8-9-19(24)20(25)10-17/h3-6,8-10,12,16,18H,7,11,13H2,1-2H3,(H,28,29)/t16?,18-,23+/m0/s1. The van der Waals surface area contributed by atoms with Crippen molar-refractivity contribution in [2.75, 3.05) is 11.9 Å². The van der Waals surface area contributed by atoms with E-state index in [2.05, 4.69) is 27.4 Å². The fraction of sp³-hybridized carbons (Fsp3) is 0.348. The number of hydrogen-bond acceptors (Lipinski definition) is 4. The highest BCUT2D eigenvalue weighted by molar-refractivity contribution is 5.95. The SMILES string of the molecule is Cc1ncc(OC[C@@]2(C3C=CC=CC3)C[C@H]2C(=O)Nc2ccc(F)c(F)c2)c(C)n1. The van der Waals surface area contributed by atoms with Gasteiger partial charge in [0.2, 0.25) is 5.91 Å². The van der Waals surface area contributed by atoms with Crippen molar-refractivity contribution in [1.82, 2.24) is 9.97 Å². The zero-order valence-electron chi connectivity index (χ0n) is 16.9. The molecular formula is C23H23F2N3O2. The molecule has 1 aromatic heterocycles. The minimum Gasteiger partial charge on any atom is -0.489 e. The van der Waals surface area contributed by atoms with Crippen LogP contribution in [-0.2, 0) is 4.79 Å². The van der Waals surface area contributed by atoms with Crippen LogP contribution in [0, 0.1) is 42.7 Å². The van der Waals surface area contributed by atoms with E-state index in [1.165, 1.54) is 6.07 Å². The summed E-state index contributed by atoms with van der Waals surface area (Å²) in [6, 6.07) is 3.35. The van der Waals surface area contributed by atoms with Crippen LogP contribution < -0.4 is 10.1 Å². The molecule has 3 atom stereocenters. The van der Waals surface area contributed by atoms with Gasteiger partial charge in [0, 0.05) is 23.1 Å². The predicted molar refractivity (Wildman–Crippen MR) is 109 cm³/mol. The normalized spacial score (nSPS) is 24.5. The molecule has 7 heteroatoms. The number of nitrogens with one attached hydrogen (secondary N) is 1. The van der Waals surface area contributed by atoms with E-state index in [1.54, 1.807) is 6.20 Å². The molecule has 1 N–H and O–H groups in total. The van der Waals surface area contributed by atoms with Gasteiger partial charge in [-0.05, 0) is 44.7 Å². The van der Waals surface area contributed by atoms with Crippen LogP contribution in [0.2, 0.25) is 0 Å². The molecule has 156 valence electrons. The lowest BCUT2D eigenvalue weighted by atomic mass is 9.82. The van der Waals surface area contributed by atoms with Gasteiger partial charge >= 0.3 is 0 Å². The van der Waals surface area contributed by atoms with E-state index in [-0.39, 0.29) is 28.8 Å². The van der Waals surface area contributed by atoms with Gasteiger partial charge in [0.25, 0.3) is 0 Å². The molecule has 1 aromatic carbocycles. The minimum atomic E-state index is -0.992. The van der Waals surface area contributed by atoms with E-state index < -0.39 is 11.6 Å². The Labute approximate surface area is 173 Å². The van der Waals surface area contributed by atoms with Crippen LogP contribution in [0.5, 0.6) is 5.75 Å². The van der Waals surface area contributed by atoms with Gasteiger partial charge in [-0.15, -0.1) is 0 Å². The number of carbonyl (C=O) groups excluding carboxylic acids is 1. The average molecular weight is 411 g/mol. The molecule has 0 spiro atoms. The molecule has 30 heavy (non-hydrogen) atoms. The highest BCUT2D eigenvalue weighted by atomic mass is 19.2. The van der Waals surface area contributed by atoms with Crippen LogP contribution in [0.25, 0.3) is 0 Å². The maximum atomic E-state index is 13.5. The number of halogens is 2. The summed E-state index contributed by atoms with van der Waals surface area (Å²) in [5.74, 6) is -1.03. The second-order valence-electron chi connectivity index (χ2n) is 7.92. The van der Waals surface area contributed by atoms with Gasteiger partial charge in [0.05, 0.1) is 18.5 Å². The number of rotatable bonds is 6. The molecular weight excluding hydrogens is 388 g/mol. The van der Waals surface area contributed by atoms with E-state index in [0.29, 0.717) is 24.6 Å². The van der Waals surface area contributed by atoms with Crippen molar-refractivity contribution in [3.05, 3.63) is 71.9 Å². The predicted octanol–water partition coefficient (Wildman–Crippen LogP) is 4.53. The van der Waals surface area contributed by atoms with Gasteiger partial charge in [-0.25, -0.2) is 18.7 Å². The second kappa shape index (κ2) is 7.97. The molecule has 1 unspecified atom stereocenters. The van der Waals surface area contributed by atoms with E-state index in [0.717, 1.165) is 24.2 Å². The first-order valence-corrected chi connectivity index (χ1v) is 9.91. The molecule has 0 aliphatic heterocycles. The molecule has 1 saturated carbocycles. The van der Waals surface area contributed by atoms with Crippen LogP contribution in [0.3, 0.4) is 0 Å². The summed E-state index contributed by atoms with van der Waals surface area (Å²) in [4.78, 5) is 21.4. The Morgan fingerprint density at radius 1 is 1.27 bits per heavy atom. The number of aromatic nitrogens is 2. The molecule has 4 rings (SSSR count). The van der Waals surface area contributed by atoms with Crippen LogP contribution in [0.4, 0.5) is 14.5 Å². The van der Waals surface area contributed by atoms with E-state index in [9.17, 15) is 13.6 Å². The maximum Gasteiger partial charge on any atom is 0.228 e. The average Bonchev–Trinajstić information content (AvgIpc) is 3.47. The highest BCUT2D eigenvalue weighted by Crippen LogP contribution is 2.60. The Morgan fingerprint density at radius 3 is 2.80 bits per heavy atom. The second-order valence-corrected chi connectivity index (χ2v) is 7.92. The topological polar surface area (TPSA) is 64.1 Å². The molecule has 0 bridgehead atoms. The number of amides is 1. The number of carbonyl (C=O) groups is 1. The van der Waals surface area contributed by atoms with Crippen molar-refractivity contribution < 1.29 is 18.3 Å². The quantitative estimate of drug-likeness (QED) is 0.759. The molecule has 1 amide bonds. The molecule has 2 aliphatic rings. The number of benzene rings is 1. The van der Waals surface area contributed by atoms with E-state index in [4.69, 9.17) is 4.74 Å². The maximum absolute atomic E-state index is 13.5. The number of allylic oxidation sites excluding steroid dienone is 4. The monoisotopic (exact) mass is 411 g/mol. The Kier molecular flexibility index (Phi) is 5.37. The minimum absolute atomic E-state index is 0.148. The van der Waals surface area contributed by atoms with Crippen molar-refractivity contribution in [2.45, 2.75) is 26.7 Å². The van der Waals surface area contributed by atoms with Crippen LogP contribution >= 0.6 is 0 Å². The number of anilines is 1. The van der Waals surface area contributed by atoms with Gasteiger partial charge in [-0.3, -0.25) is 4.79 Å². The number of hydrogen-bond donors (Lipinski definition) is 1. The van der Waals surface area contributed by atoms with Crippen LogP contribution in [0.1, 0.15) is 24.4 Å². The van der Waals surface area contributed by atoms with Crippen LogP contribution in [0.15, 0.2) is 48.7 Å². The third kappa shape index (κ3) is 3.97. The zero-order chi connectivity index (χ0) is 21.3. The molecule has 1 fully saturated rings. The number of aryl methyl sites for hydroxylation is 2. The van der Waals surface area contributed by atoms with Crippen molar-refractivity contribution in [3.8, 4) is 5.75 Å². The van der Waals surface area contributed by atoms with Gasteiger partial charge in [0.1, 0.15) is 5.82 Å². The highest BCUT2D eigenvalue weighted by Gasteiger charge is 2.62. The zero-order valence-corrected chi connectivity index (χ0v) is 16.9. The molecule has 0 radical (unpaired) electrons. The Bertz CT molecular complexity index is 1040.